The van der Waals surface area contributed by atoms with Crippen LogP contribution in [-0.2, 0) is 17.4 Å². The molecule has 0 atom stereocenters. The lowest BCUT2D eigenvalue weighted by Gasteiger charge is -2.36. The third kappa shape index (κ3) is 4.76. The zero-order valence-corrected chi connectivity index (χ0v) is 19.2. The number of aromatic hydroxyl groups is 1. The lowest BCUT2D eigenvalue weighted by Crippen LogP contribution is -2.46. The van der Waals surface area contributed by atoms with Gasteiger partial charge in [0, 0.05) is 44.5 Å². The summed E-state index contributed by atoms with van der Waals surface area (Å²) in [6.45, 7) is 17.2. The number of pyridine rings is 1. The highest BCUT2D eigenvalue weighted by molar-refractivity contribution is 5.54. The molecule has 0 unspecified atom stereocenters. The Hall–Kier alpha value is -2.58. The molecule has 5 nitrogen and oxygen atoms in total. The Morgan fingerprint density at radius 3 is 2.27 bits per heavy atom. The molecule has 1 fully saturated rings. The minimum absolute atomic E-state index is 0.0216. The third-order valence-corrected chi connectivity index (χ3v) is 5.84. The monoisotopic (exact) mass is 406 g/mol. The quantitative estimate of drug-likeness (QED) is 0.808. The van der Waals surface area contributed by atoms with Gasteiger partial charge in [0.25, 0.3) is 0 Å². The molecule has 0 spiro atoms. The molecule has 160 valence electrons. The third-order valence-electron chi connectivity index (χ3n) is 5.84. The summed E-state index contributed by atoms with van der Waals surface area (Å²) >= 11 is 0. The second-order valence-electron chi connectivity index (χ2n) is 10.3. The molecule has 2 heterocycles. The standard InChI is InChI=1S/C25H34N4O/c1-24(2,3)20-14-19(22(30)21(15-20)25(4,5)6)17-28-10-12-29(13-11-28)23-18(16-26)8-7-9-27-23/h7-9,14-15,30H,10-13,17H2,1-6H3. The molecule has 1 N–H and O–H groups in total. The summed E-state index contributed by atoms with van der Waals surface area (Å²) in [5, 5.41) is 20.4. The number of hydrogen-bond donors (Lipinski definition) is 1. The summed E-state index contributed by atoms with van der Waals surface area (Å²) in [5.41, 5.74) is 3.79. The van der Waals surface area contributed by atoms with Gasteiger partial charge in [0.2, 0.25) is 0 Å². The van der Waals surface area contributed by atoms with E-state index in [0.29, 0.717) is 11.3 Å². The minimum Gasteiger partial charge on any atom is -0.507 e. The highest BCUT2D eigenvalue weighted by atomic mass is 16.3. The van der Waals surface area contributed by atoms with Crippen LogP contribution in [0.2, 0.25) is 0 Å². The van der Waals surface area contributed by atoms with Gasteiger partial charge >= 0.3 is 0 Å². The van der Waals surface area contributed by atoms with E-state index in [1.54, 1.807) is 12.3 Å². The van der Waals surface area contributed by atoms with E-state index in [1.807, 2.05) is 6.07 Å². The predicted octanol–water partition coefficient (Wildman–Crippen LogP) is 4.58. The van der Waals surface area contributed by atoms with Crippen molar-refractivity contribution in [3.05, 3.63) is 52.7 Å². The first kappa shape index (κ1) is 22.1. The zero-order valence-electron chi connectivity index (χ0n) is 19.2. The van der Waals surface area contributed by atoms with E-state index in [2.05, 4.69) is 74.5 Å². The van der Waals surface area contributed by atoms with Gasteiger partial charge in [-0.05, 0) is 34.1 Å². The highest BCUT2D eigenvalue weighted by Crippen LogP contribution is 2.38. The first-order valence-corrected chi connectivity index (χ1v) is 10.7. The van der Waals surface area contributed by atoms with Gasteiger partial charge in [0.15, 0.2) is 0 Å². The van der Waals surface area contributed by atoms with E-state index < -0.39 is 0 Å². The van der Waals surface area contributed by atoms with Crippen LogP contribution in [0.15, 0.2) is 30.5 Å². The van der Waals surface area contributed by atoms with E-state index in [9.17, 15) is 10.4 Å². The molecule has 0 aliphatic carbocycles. The van der Waals surface area contributed by atoms with Gasteiger partial charge in [-0.2, -0.15) is 5.26 Å². The van der Waals surface area contributed by atoms with Crippen LogP contribution in [0.4, 0.5) is 5.82 Å². The maximum absolute atomic E-state index is 11.1. The fourth-order valence-corrected chi connectivity index (χ4v) is 3.91. The molecule has 0 radical (unpaired) electrons. The number of rotatable bonds is 3. The number of nitrogens with zero attached hydrogens (tertiary/aromatic N) is 4. The molecule has 2 aromatic rings. The first-order chi connectivity index (χ1) is 14.0. The summed E-state index contributed by atoms with van der Waals surface area (Å²) < 4.78 is 0. The van der Waals surface area contributed by atoms with Crippen LogP contribution in [0.3, 0.4) is 0 Å². The van der Waals surface area contributed by atoms with Crippen LogP contribution < -0.4 is 4.90 Å². The average molecular weight is 407 g/mol. The molecular weight excluding hydrogens is 372 g/mol. The maximum Gasteiger partial charge on any atom is 0.146 e. The Morgan fingerprint density at radius 2 is 1.70 bits per heavy atom. The summed E-state index contributed by atoms with van der Waals surface area (Å²) in [7, 11) is 0. The minimum atomic E-state index is -0.120. The molecule has 1 aromatic heterocycles. The fraction of sp³-hybridized carbons (Fsp3) is 0.520. The van der Waals surface area contributed by atoms with Crippen molar-refractivity contribution >= 4 is 5.82 Å². The molecular formula is C25H34N4O. The number of hydrogen-bond acceptors (Lipinski definition) is 5. The van der Waals surface area contributed by atoms with Gasteiger partial charge in [-0.1, -0.05) is 53.7 Å². The Balaban J connectivity index is 1.80. The lowest BCUT2D eigenvalue weighted by atomic mass is 9.79. The number of nitriles is 1. The second-order valence-corrected chi connectivity index (χ2v) is 10.3. The van der Waals surface area contributed by atoms with Crippen molar-refractivity contribution in [2.24, 2.45) is 0 Å². The summed E-state index contributed by atoms with van der Waals surface area (Å²) in [4.78, 5) is 8.97. The maximum atomic E-state index is 11.1. The van der Waals surface area contributed by atoms with Gasteiger partial charge < -0.3 is 10.0 Å². The molecule has 5 heteroatoms. The van der Waals surface area contributed by atoms with E-state index >= 15 is 0 Å². The van der Waals surface area contributed by atoms with Gasteiger partial charge in [0.05, 0.1) is 5.56 Å². The van der Waals surface area contributed by atoms with E-state index in [1.165, 1.54) is 5.56 Å². The average Bonchev–Trinajstić information content (AvgIpc) is 2.68. The van der Waals surface area contributed by atoms with E-state index in [4.69, 9.17) is 0 Å². The SMILES string of the molecule is CC(C)(C)c1cc(CN2CCN(c3ncccc3C#N)CC2)c(O)c(C(C)(C)C)c1. The van der Waals surface area contributed by atoms with Gasteiger partial charge in [0.1, 0.15) is 17.6 Å². The Kier molecular flexibility index (Phi) is 6.10. The largest absolute Gasteiger partial charge is 0.507 e. The van der Waals surface area contributed by atoms with Crippen LogP contribution in [0.25, 0.3) is 0 Å². The summed E-state index contributed by atoms with van der Waals surface area (Å²) in [6.07, 6.45) is 1.74. The number of anilines is 1. The van der Waals surface area contributed by atoms with Crippen molar-refractivity contribution < 1.29 is 5.11 Å². The van der Waals surface area contributed by atoms with Crippen LogP contribution in [0, 0.1) is 11.3 Å². The number of phenolic OH excluding ortho intramolecular Hbond substituents is 1. The fourth-order valence-electron chi connectivity index (χ4n) is 3.91. The second kappa shape index (κ2) is 8.28. The van der Waals surface area contributed by atoms with E-state index in [-0.39, 0.29) is 10.8 Å². The topological polar surface area (TPSA) is 63.4 Å². The Labute approximate surface area is 181 Å². The highest BCUT2D eigenvalue weighted by Gasteiger charge is 2.27. The molecule has 0 saturated carbocycles. The van der Waals surface area contributed by atoms with Gasteiger partial charge in [-0.3, -0.25) is 4.90 Å². The van der Waals surface area contributed by atoms with Crippen LogP contribution in [-0.4, -0.2) is 41.2 Å². The number of aromatic nitrogens is 1. The molecule has 1 saturated heterocycles. The summed E-state index contributed by atoms with van der Waals surface area (Å²) in [5.74, 6) is 1.20. The van der Waals surface area contributed by atoms with E-state index in [0.717, 1.165) is 49.7 Å². The molecule has 0 bridgehead atoms. The van der Waals surface area contributed by atoms with Crippen molar-refractivity contribution in [2.45, 2.75) is 58.9 Å². The molecule has 3 rings (SSSR count). The van der Waals surface area contributed by atoms with Crippen molar-refractivity contribution in [1.29, 1.82) is 5.26 Å². The summed E-state index contributed by atoms with van der Waals surface area (Å²) in [6, 6.07) is 10.2. The molecule has 1 aliphatic heterocycles. The molecule has 1 aromatic carbocycles. The molecule has 30 heavy (non-hydrogen) atoms. The van der Waals surface area contributed by atoms with Gasteiger partial charge in [-0.15, -0.1) is 0 Å². The molecule has 1 aliphatic rings. The molecule has 0 amide bonds. The Bertz CT molecular complexity index is 939. The van der Waals surface area contributed by atoms with Crippen molar-refractivity contribution in [3.8, 4) is 11.8 Å². The predicted molar refractivity (Wildman–Crippen MR) is 122 cm³/mol. The van der Waals surface area contributed by atoms with Crippen LogP contribution in [0.5, 0.6) is 5.75 Å². The zero-order chi connectivity index (χ0) is 22.1. The first-order valence-electron chi connectivity index (χ1n) is 10.7. The number of piperazine rings is 1. The van der Waals surface area contributed by atoms with Crippen molar-refractivity contribution in [2.75, 3.05) is 31.1 Å². The lowest BCUT2D eigenvalue weighted by molar-refractivity contribution is 0.245. The number of benzene rings is 1. The van der Waals surface area contributed by atoms with Crippen molar-refractivity contribution in [3.63, 3.8) is 0 Å². The van der Waals surface area contributed by atoms with Crippen LogP contribution >= 0.6 is 0 Å². The van der Waals surface area contributed by atoms with Crippen LogP contribution in [0.1, 0.15) is 63.8 Å². The normalized spacial score (nSPS) is 15.8. The number of phenols is 1. The smallest absolute Gasteiger partial charge is 0.146 e. The Morgan fingerprint density at radius 1 is 1.03 bits per heavy atom. The van der Waals surface area contributed by atoms with Gasteiger partial charge in [-0.25, -0.2) is 4.98 Å². The van der Waals surface area contributed by atoms with Crippen molar-refractivity contribution in [1.82, 2.24) is 9.88 Å².